The van der Waals surface area contributed by atoms with Crippen molar-refractivity contribution < 1.29 is 4.92 Å². The second-order valence-electron chi connectivity index (χ2n) is 6.09. The molecule has 6 nitrogen and oxygen atoms in total. The lowest BCUT2D eigenvalue weighted by molar-refractivity contribution is -0.385. The molecule has 0 radical (unpaired) electrons. The van der Waals surface area contributed by atoms with Gasteiger partial charge in [-0.25, -0.2) is 4.98 Å². The average Bonchev–Trinajstić information content (AvgIpc) is 2.86. The van der Waals surface area contributed by atoms with Gasteiger partial charge in [-0.15, -0.1) is 0 Å². The number of aromatic nitrogens is 1. The first kappa shape index (κ1) is 14.7. The van der Waals surface area contributed by atoms with Crippen LogP contribution in [0, 0.1) is 28.9 Å². The third-order valence-electron chi connectivity index (χ3n) is 4.87. The summed E-state index contributed by atoms with van der Waals surface area (Å²) in [7, 11) is 0. The Hall–Kier alpha value is -1.21. The summed E-state index contributed by atoms with van der Waals surface area (Å²) in [6.07, 6.45) is 4.88. The molecule has 0 aromatic carbocycles. The van der Waals surface area contributed by atoms with Crippen LogP contribution in [-0.2, 0) is 0 Å². The van der Waals surface area contributed by atoms with Crippen molar-refractivity contribution in [3.63, 3.8) is 0 Å². The first-order valence-corrected chi connectivity index (χ1v) is 8.08. The number of nitro groups is 1. The predicted molar refractivity (Wildman–Crippen MR) is 84.3 cm³/mol. The van der Waals surface area contributed by atoms with Crippen molar-refractivity contribution in [2.75, 3.05) is 18.0 Å². The number of anilines is 1. The molecule has 0 bridgehead atoms. The Labute approximate surface area is 132 Å². The molecule has 2 N–H and O–H groups in total. The molecule has 1 aliphatic heterocycles. The van der Waals surface area contributed by atoms with Gasteiger partial charge in [0.2, 0.25) is 0 Å². The minimum Gasteiger partial charge on any atom is -0.355 e. The molecule has 1 aromatic rings. The van der Waals surface area contributed by atoms with E-state index in [0.717, 1.165) is 29.8 Å². The Bertz CT molecular complexity index is 580. The number of pyridine rings is 1. The van der Waals surface area contributed by atoms with E-state index >= 15 is 0 Å². The predicted octanol–water partition coefficient (Wildman–Crippen LogP) is 2.62. The summed E-state index contributed by atoms with van der Waals surface area (Å²) >= 11 is 3.48. The summed E-state index contributed by atoms with van der Waals surface area (Å²) in [6.45, 7) is 3.60. The third kappa shape index (κ3) is 2.53. The number of hydrogen-bond donors (Lipinski definition) is 1. The molecular formula is C14H19BrN4O2. The van der Waals surface area contributed by atoms with E-state index in [2.05, 4.69) is 25.8 Å². The van der Waals surface area contributed by atoms with E-state index in [-0.39, 0.29) is 11.7 Å². The molecule has 2 heterocycles. The summed E-state index contributed by atoms with van der Waals surface area (Å²) in [4.78, 5) is 17.1. The van der Waals surface area contributed by atoms with Gasteiger partial charge in [0.1, 0.15) is 12.0 Å². The summed E-state index contributed by atoms with van der Waals surface area (Å²) in [5.74, 6) is 1.94. The van der Waals surface area contributed by atoms with Crippen LogP contribution in [0.25, 0.3) is 0 Å². The van der Waals surface area contributed by atoms with Gasteiger partial charge in [0.05, 0.1) is 9.40 Å². The molecule has 0 amide bonds. The van der Waals surface area contributed by atoms with Crippen molar-refractivity contribution in [1.29, 1.82) is 0 Å². The molecular weight excluding hydrogens is 336 g/mol. The smallest absolute Gasteiger partial charge is 0.291 e. The van der Waals surface area contributed by atoms with Gasteiger partial charge in [-0.2, -0.15) is 0 Å². The first-order chi connectivity index (χ1) is 9.99. The van der Waals surface area contributed by atoms with Gasteiger partial charge in [-0.3, -0.25) is 10.1 Å². The maximum atomic E-state index is 11.0. The summed E-state index contributed by atoms with van der Waals surface area (Å²) in [5, 5.41) is 11.0. The van der Waals surface area contributed by atoms with E-state index in [9.17, 15) is 10.1 Å². The highest BCUT2D eigenvalue weighted by atomic mass is 79.9. The van der Waals surface area contributed by atoms with Crippen LogP contribution in [0.15, 0.2) is 10.7 Å². The highest BCUT2D eigenvalue weighted by molar-refractivity contribution is 9.10. The molecule has 3 unspecified atom stereocenters. The zero-order valence-electron chi connectivity index (χ0n) is 12.0. The second kappa shape index (κ2) is 5.53. The molecule has 3 atom stereocenters. The molecule has 2 fully saturated rings. The standard InChI is InChI=1S/C14H19BrN4O2/c1-8-12(19(20)21)5-17-14(13(8)15)18-6-9-3-2-4-11(16)10(9)7-18/h5,9-11H,2-4,6-7,16H2,1H3. The van der Waals surface area contributed by atoms with Crippen molar-refractivity contribution >= 4 is 27.4 Å². The van der Waals surface area contributed by atoms with Gasteiger partial charge in [0.25, 0.3) is 5.69 Å². The van der Waals surface area contributed by atoms with Crippen LogP contribution in [-0.4, -0.2) is 29.0 Å². The lowest BCUT2D eigenvalue weighted by Crippen LogP contribution is -2.38. The minimum absolute atomic E-state index is 0.0546. The number of nitrogens with two attached hydrogens (primary N) is 1. The summed E-state index contributed by atoms with van der Waals surface area (Å²) in [5.41, 5.74) is 6.93. The zero-order chi connectivity index (χ0) is 15.1. The molecule has 1 aliphatic carbocycles. The third-order valence-corrected chi connectivity index (χ3v) is 5.82. The fourth-order valence-corrected chi connectivity index (χ4v) is 4.21. The Morgan fingerprint density at radius 2 is 2.24 bits per heavy atom. The highest BCUT2D eigenvalue weighted by Gasteiger charge is 2.40. The van der Waals surface area contributed by atoms with Crippen LogP contribution >= 0.6 is 15.9 Å². The minimum atomic E-state index is -0.392. The van der Waals surface area contributed by atoms with Gasteiger partial charge in [0, 0.05) is 24.7 Å². The molecule has 114 valence electrons. The Morgan fingerprint density at radius 3 is 2.90 bits per heavy atom. The molecule has 1 aromatic heterocycles. The largest absolute Gasteiger partial charge is 0.355 e. The van der Waals surface area contributed by atoms with Crippen molar-refractivity contribution in [3.8, 4) is 0 Å². The molecule has 1 saturated heterocycles. The number of nitrogens with zero attached hydrogens (tertiary/aromatic N) is 3. The molecule has 3 rings (SSSR count). The fraction of sp³-hybridized carbons (Fsp3) is 0.643. The Balaban J connectivity index is 1.88. The summed E-state index contributed by atoms with van der Waals surface area (Å²) < 4.78 is 0.726. The Morgan fingerprint density at radius 1 is 1.48 bits per heavy atom. The fourth-order valence-electron chi connectivity index (χ4n) is 3.65. The molecule has 1 saturated carbocycles. The van der Waals surface area contributed by atoms with Gasteiger partial charge >= 0.3 is 0 Å². The van der Waals surface area contributed by atoms with E-state index in [0.29, 0.717) is 17.4 Å². The van der Waals surface area contributed by atoms with Crippen LogP contribution in [0.1, 0.15) is 24.8 Å². The molecule has 21 heavy (non-hydrogen) atoms. The molecule has 7 heteroatoms. The zero-order valence-corrected chi connectivity index (χ0v) is 13.5. The molecule has 2 aliphatic rings. The van der Waals surface area contributed by atoms with E-state index in [1.807, 2.05) is 0 Å². The van der Waals surface area contributed by atoms with E-state index in [1.54, 1.807) is 6.92 Å². The lowest BCUT2D eigenvalue weighted by atomic mass is 9.78. The van der Waals surface area contributed by atoms with E-state index < -0.39 is 4.92 Å². The monoisotopic (exact) mass is 354 g/mol. The van der Waals surface area contributed by atoms with Crippen molar-refractivity contribution in [2.24, 2.45) is 17.6 Å². The molecule has 0 spiro atoms. The van der Waals surface area contributed by atoms with Crippen molar-refractivity contribution in [1.82, 2.24) is 4.98 Å². The number of fused-ring (bicyclic) bond motifs is 1. The van der Waals surface area contributed by atoms with Gasteiger partial charge in [-0.05, 0) is 47.5 Å². The van der Waals surface area contributed by atoms with Crippen LogP contribution in [0.3, 0.4) is 0 Å². The quantitative estimate of drug-likeness (QED) is 0.651. The van der Waals surface area contributed by atoms with Crippen LogP contribution in [0.5, 0.6) is 0 Å². The maximum Gasteiger partial charge on any atom is 0.291 e. The maximum absolute atomic E-state index is 11.0. The second-order valence-corrected chi connectivity index (χ2v) is 6.88. The highest BCUT2D eigenvalue weighted by Crippen LogP contribution is 2.40. The lowest BCUT2D eigenvalue weighted by Gasteiger charge is -2.29. The topological polar surface area (TPSA) is 85.3 Å². The van der Waals surface area contributed by atoms with Crippen LogP contribution in [0.2, 0.25) is 0 Å². The summed E-state index contributed by atoms with van der Waals surface area (Å²) in [6, 6.07) is 0.270. The SMILES string of the molecule is Cc1c([N+](=O)[O-])cnc(N2CC3CCCC(N)C3C2)c1Br. The van der Waals surface area contributed by atoms with E-state index in [4.69, 9.17) is 5.73 Å². The van der Waals surface area contributed by atoms with E-state index in [1.165, 1.54) is 19.0 Å². The normalized spacial score (nSPS) is 28.5. The average molecular weight is 355 g/mol. The van der Waals surface area contributed by atoms with Crippen LogP contribution in [0.4, 0.5) is 11.5 Å². The van der Waals surface area contributed by atoms with Crippen molar-refractivity contribution in [3.05, 3.63) is 26.3 Å². The number of hydrogen-bond acceptors (Lipinski definition) is 5. The number of rotatable bonds is 2. The Kier molecular flexibility index (Phi) is 3.88. The van der Waals surface area contributed by atoms with Crippen LogP contribution < -0.4 is 10.6 Å². The van der Waals surface area contributed by atoms with Gasteiger partial charge in [-0.1, -0.05) is 6.42 Å². The van der Waals surface area contributed by atoms with Gasteiger partial charge in [0.15, 0.2) is 0 Å². The van der Waals surface area contributed by atoms with Gasteiger partial charge < -0.3 is 10.6 Å². The first-order valence-electron chi connectivity index (χ1n) is 7.29. The van der Waals surface area contributed by atoms with Crippen molar-refractivity contribution in [2.45, 2.75) is 32.2 Å². The number of halogens is 1.